The zero-order valence-electron chi connectivity index (χ0n) is 1.54. The third-order valence-corrected chi connectivity index (χ3v) is 0. The van der Waals surface area contributed by atoms with Crippen LogP contribution >= 0.6 is 9.90 Å². The molecule has 0 nitrogen and oxygen atoms in total. The summed E-state index contributed by atoms with van der Waals surface area (Å²) in [5.74, 6) is 0. The van der Waals surface area contributed by atoms with E-state index >= 15 is 0 Å². The van der Waals surface area contributed by atoms with Gasteiger partial charge in [-0.1, -0.05) is 0 Å². The molecule has 0 aliphatic rings. The van der Waals surface area contributed by atoms with Crippen LogP contribution in [0.5, 0.6) is 0 Å². The number of hydrogen-bond donors (Lipinski definition) is 0. The predicted molar refractivity (Wildman–Crippen MR) is 22.4 cm³/mol. The molecule has 1 unspecified atom stereocenters. The van der Waals surface area contributed by atoms with Gasteiger partial charge in [0.15, 0.2) is 0 Å². The van der Waals surface area contributed by atoms with Crippen molar-refractivity contribution >= 4 is 33.8 Å². The van der Waals surface area contributed by atoms with Crippen LogP contribution in [0.3, 0.4) is 0 Å². The molecule has 0 spiro atoms. The summed E-state index contributed by atoms with van der Waals surface area (Å²) in [6.07, 6.45) is 0. The van der Waals surface area contributed by atoms with Gasteiger partial charge in [-0.25, -0.2) is 0 Å². The van der Waals surface area contributed by atoms with Gasteiger partial charge in [0.05, 0.1) is 0 Å². The zero-order chi connectivity index (χ0) is 0. The summed E-state index contributed by atoms with van der Waals surface area (Å²) >= 11 is 0. The molecule has 0 bridgehead atoms. The summed E-state index contributed by atoms with van der Waals surface area (Å²) in [5, 5.41) is 0. The standard InChI is InChI=1S/Co.H3P.Sn.Ti.4H/h;1H3;;;;;;. The van der Waals surface area contributed by atoms with E-state index in [0.717, 1.165) is 0 Å². The van der Waals surface area contributed by atoms with Crippen LogP contribution in [0, 0.1) is 0 Å². The Balaban J connectivity index is 0. The summed E-state index contributed by atoms with van der Waals surface area (Å²) in [4.78, 5) is 0. The molecule has 29 valence electrons. The summed E-state index contributed by atoms with van der Waals surface area (Å²) in [5.41, 5.74) is 0. The van der Waals surface area contributed by atoms with E-state index in [1.54, 1.807) is 0 Å². The van der Waals surface area contributed by atoms with E-state index < -0.39 is 0 Å². The monoisotopic (exact) mass is 265 g/mol. The maximum Gasteiger partial charge on any atom is 0 e. The van der Waals surface area contributed by atoms with Gasteiger partial charge in [-0.05, 0) is 0 Å². The van der Waals surface area contributed by atoms with Crippen molar-refractivity contribution in [3.8, 4) is 0 Å². The van der Waals surface area contributed by atoms with Gasteiger partial charge in [-0.3, -0.25) is 0 Å². The van der Waals surface area contributed by atoms with Gasteiger partial charge in [0.25, 0.3) is 0 Å². The molecule has 0 aliphatic carbocycles. The van der Waals surface area contributed by atoms with E-state index in [9.17, 15) is 0 Å². The maximum absolute atomic E-state index is 0. The normalized spacial score (nSPS) is 0. The Kier molecular flexibility index (Phi) is 144. The average Bonchev–Trinajstić information content (AvgIpc) is 0. The van der Waals surface area contributed by atoms with Gasteiger partial charge in [0, 0.05) is 38.5 Å². The van der Waals surface area contributed by atoms with Crippen LogP contribution in [-0.2, 0) is 38.5 Å². The molecule has 0 saturated carbocycles. The van der Waals surface area contributed by atoms with Crippen LogP contribution in [0.25, 0.3) is 0 Å². The fourth-order valence-electron chi connectivity index (χ4n) is 0. The van der Waals surface area contributed by atoms with E-state index in [4.69, 9.17) is 0 Å². The molecule has 4 heteroatoms. The minimum Gasteiger partial charge on any atom is 0 e. The molecule has 0 fully saturated rings. The van der Waals surface area contributed by atoms with Crippen LogP contribution in [0.4, 0.5) is 0 Å². The second-order valence-electron chi connectivity index (χ2n) is 0. The molecule has 0 heterocycles. The van der Waals surface area contributed by atoms with Gasteiger partial charge in [0.1, 0.15) is 0 Å². The number of rotatable bonds is 0. The predicted octanol–water partition coefficient (Wildman–Crippen LogP) is -1.40. The van der Waals surface area contributed by atoms with Crippen LogP contribution in [0.1, 0.15) is 0 Å². The third-order valence-electron chi connectivity index (χ3n) is 0. The van der Waals surface area contributed by atoms with Crippen molar-refractivity contribution < 1.29 is 38.5 Å². The van der Waals surface area contributed by atoms with E-state index in [0.29, 0.717) is 0 Å². The molecular formula is H7CoPSnTi. The van der Waals surface area contributed by atoms with Crippen LogP contribution < -0.4 is 0 Å². The molecule has 0 saturated heterocycles. The number of hydrogen-bond acceptors (Lipinski definition) is 0. The van der Waals surface area contributed by atoms with Crippen LogP contribution in [0.2, 0.25) is 0 Å². The third kappa shape index (κ3) is 8.82. The second-order valence-corrected chi connectivity index (χ2v) is 0. The van der Waals surface area contributed by atoms with Gasteiger partial charge in [0.2, 0.25) is 0 Å². The molecule has 4 heavy (non-hydrogen) atoms. The van der Waals surface area contributed by atoms with E-state index in [-0.39, 0.29) is 72.3 Å². The first-order chi connectivity index (χ1) is 0. The molecule has 0 aromatic rings. The fraction of sp³-hybridized carbons (Fsp3) is 0. The van der Waals surface area contributed by atoms with Crippen molar-refractivity contribution in [1.82, 2.24) is 0 Å². The largest absolute Gasteiger partial charge is 0 e. The zero-order valence-corrected chi connectivity index (χ0v) is 5.56. The first-order valence-electron chi connectivity index (χ1n) is 0. The van der Waals surface area contributed by atoms with Crippen molar-refractivity contribution in [3.63, 3.8) is 0 Å². The minimum atomic E-state index is 0. The molecule has 1 radical (unpaired) electrons. The summed E-state index contributed by atoms with van der Waals surface area (Å²) in [6.45, 7) is 0. The Labute approximate surface area is 71.5 Å². The Morgan fingerprint density at radius 1 is 1.00 bits per heavy atom. The molecule has 1 atom stereocenters. The summed E-state index contributed by atoms with van der Waals surface area (Å²) in [6, 6.07) is 0. The Morgan fingerprint density at radius 3 is 1.00 bits per heavy atom. The van der Waals surface area contributed by atoms with Gasteiger partial charge < -0.3 is 0 Å². The fourth-order valence-corrected chi connectivity index (χ4v) is 0. The molecule has 0 aromatic carbocycles. The first-order valence-corrected chi connectivity index (χ1v) is 0. The molecule has 0 aliphatic heterocycles. The van der Waals surface area contributed by atoms with Crippen molar-refractivity contribution in [2.24, 2.45) is 0 Å². The van der Waals surface area contributed by atoms with Crippen LogP contribution in [0.15, 0.2) is 0 Å². The average molecular weight is 264 g/mol. The van der Waals surface area contributed by atoms with Crippen molar-refractivity contribution in [2.75, 3.05) is 0 Å². The molecule has 0 N–H and O–H groups in total. The minimum absolute atomic E-state index is 0. The molecule has 0 rings (SSSR count). The Bertz CT molecular complexity index is 8.00. The SMILES string of the molecule is P.[Co].[SnH4].[Ti]. The van der Waals surface area contributed by atoms with E-state index in [2.05, 4.69) is 0 Å². The molecule has 0 amide bonds. The molecular weight excluding hydrogens is 256 g/mol. The summed E-state index contributed by atoms with van der Waals surface area (Å²) in [7, 11) is 0. The van der Waals surface area contributed by atoms with E-state index in [1.165, 1.54) is 0 Å². The summed E-state index contributed by atoms with van der Waals surface area (Å²) < 4.78 is 0. The first kappa shape index (κ1) is 31.9. The Morgan fingerprint density at radius 2 is 1.00 bits per heavy atom. The van der Waals surface area contributed by atoms with Crippen LogP contribution in [-0.4, -0.2) is 23.9 Å². The maximum atomic E-state index is 0. The second kappa shape index (κ2) is 18.0. The van der Waals surface area contributed by atoms with Crippen molar-refractivity contribution in [1.29, 1.82) is 0 Å². The van der Waals surface area contributed by atoms with Crippen molar-refractivity contribution in [2.45, 2.75) is 0 Å². The topological polar surface area (TPSA) is 0 Å². The quantitative estimate of drug-likeness (QED) is 0.373. The molecule has 0 aromatic heterocycles. The van der Waals surface area contributed by atoms with Gasteiger partial charge >= 0.3 is 23.9 Å². The Hall–Kier alpha value is 2.45. The van der Waals surface area contributed by atoms with Gasteiger partial charge in [-0.2, -0.15) is 9.90 Å². The van der Waals surface area contributed by atoms with Gasteiger partial charge in [-0.15, -0.1) is 0 Å². The smallest absolute Gasteiger partial charge is 0 e. The van der Waals surface area contributed by atoms with E-state index in [1.807, 2.05) is 0 Å². The van der Waals surface area contributed by atoms with Crippen molar-refractivity contribution in [3.05, 3.63) is 0 Å².